The molecular weight excluding hydrogens is 218 g/mol. The third-order valence-electron chi connectivity index (χ3n) is 3.26. The highest BCUT2D eigenvalue weighted by atomic mass is 16.4. The number of amidine groups is 1. The van der Waals surface area contributed by atoms with Crippen LogP contribution in [0.2, 0.25) is 0 Å². The van der Waals surface area contributed by atoms with Gasteiger partial charge in [-0.1, -0.05) is 30.3 Å². The maximum atomic E-state index is 10.9. The maximum absolute atomic E-state index is 10.9. The lowest BCUT2D eigenvalue weighted by Crippen LogP contribution is -2.36. The van der Waals surface area contributed by atoms with Crippen LogP contribution in [0.5, 0.6) is 0 Å². The van der Waals surface area contributed by atoms with Crippen LogP contribution >= 0.6 is 0 Å². The van der Waals surface area contributed by atoms with E-state index < -0.39 is 5.97 Å². The molecule has 0 aliphatic carbocycles. The van der Waals surface area contributed by atoms with Crippen LogP contribution in [-0.4, -0.2) is 28.1 Å². The summed E-state index contributed by atoms with van der Waals surface area (Å²) in [5, 5.41) is 17.9. The minimum atomic E-state index is -0.994. The molecule has 2 atom stereocenters. The zero-order chi connectivity index (χ0) is 11.8. The summed E-state index contributed by atoms with van der Waals surface area (Å²) in [5.41, 5.74) is 1.19. The van der Waals surface area contributed by atoms with Crippen molar-refractivity contribution in [1.29, 1.82) is 0 Å². The van der Waals surface area contributed by atoms with E-state index in [1.165, 1.54) is 5.56 Å². The van der Waals surface area contributed by atoms with E-state index in [0.717, 1.165) is 12.8 Å². The molecule has 5 heteroatoms. The molecular formula is C12H13N3O2. The number of hydrogen-bond acceptors (Lipinski definition) is 4. The fraction of sp³-hybridized carbons (Fsp3) is 0.333. The summed E-state index contributed by atoms with van der Waals surface area (Å²) in [4.78, 5) is 10.9. The molecule has 0 amide bonds. The second kappa shape index (κ2) is 3.76. The lowest BCUT2D eigenvalue weighted by molar-refractivity contribution is -0.129. The van der Waals surface area contributed by atoms with Gasteiger partial charge in [-0.2, -0.15) is 0 Å². The Bertz CT molecular complexity index is 472. The van der Waals surface area contributed by atoms with Gasteiger partial charge in [0.25, 0.3) is 0 Å². The number of nitrogens with one attached hydrogen (secondary N) is 1. The minimum Gasteiger partial charge on any atom is -0.475 e. The van der Waals surface area contributed by atoms with E-state index in [4.69, 9.17) is 5.11 Å². The van der Waals surface area contributed by atoms with Crippen molar-refractivity contribution in [2.75, 3.05) is 0 Å². The van der Waals surface area contributed by atoms with Crippen LogP contribution in [0.25, 0.3) is 0 Å². The largest absolute Gasteiger partial charge is 0.475 e. The highest BCUT2D eigenvalue weighted by Gasteiger charge is 2.39. The van der Waals surface area contributed by atoms with E-state index in [2.05, 4.69) is 22.6 Å². The van der Waals surface area contributed by atoms with Crippen LogP contribution in [-0.2, 0) is 4.79 Å². The van der Waals surface area contributed by atoms with Crippen LogP contribution < -0.4 is 5.32 Å². The quantitative estimate of drug-likeness (QED) is 0.801. The number of fused-ring (bicyclic) bond motifs is 1. The molecule has 2 aliphatic heterocycles. The first-order chi connectivity index (χ1) is 8.25. The zero-order valence-corrected chi connectivity index (χ0v) is 9.21. The SMILES string of the molecule is O=C(O)C1=NN2C(CC[C@@H]2c2ccccc2)N1. The first kappa shape index (κ1) is 10.1. The molecule has 2 heterocycles. The highest BCUT2D eigenvalue weighted by Crippen LogP contribution is 2.37. The monoisotopic (exact) mass is 231 g/mol. The Morgan fingerprint density at radius 3 is 2.82 bits per heavy atom. The molecule has 0 bridgehead atoms. The van der Waals surface area contributed by atoms with Gasteiger partial charge in [-0.05, 0) is 18.4 Å². The number of carbonyl (C=O) groups is 1. The van der Waals surface area contributed by atoms with Crippen molar-refractivity contribution >= 4 is 11.8 Å². The van der Waals surface area contributed by atoms with Gasteiger partial charge in [0.05, 0.1) is 6.04 Å². The van der Waals surface area contributed by atoms with Crippen LogP contribution in [0.4, 0.5) is 0 Å². The summed E-state index contributed by atoms with van der Waals surface area (Å²) >= 11 is 0. The molecule has 1 aromatic rings. The van der Waals surface area contributed by atoms with Crippen molar-refractivity contribution < 1.29 is 9.90 Å². The van der Waals surface area contributed by atoms with E-state index in [1.54, 1.807) is 0 Å². The van der Waals surface area contributed by atoms with Crippen LogP contribution in [0, 0.1) is 0 Å². The number of nitrogens with zero attached hydrogens (tertiary/aromatic N) is 2. The third-order valence-corrected chi connectivity index (χ3v) is 3.26. The molecule has 17 heavy (non-hydrogen) atoms. The van der Waals surface area contributed by atoms with Gasteiger partial charge >= 0.3 is 5.97 Å². The maximum Gasteiger partial charge on any atom is 0.373 e. The molecule has 88 valence electrons. The Morgan fingerprint density at radius 2 is 2.12 bits per heavy atom. The van der Waals surface area contributed by atoms with Gasteiger partial charge in [0.15, 0.2) is 0 Å². The molecule has 0 aromatic heterocycles. The molecule has 0 saturated carbocycles. The fourth-order valence-electron chi connectivity index (χ4n) is 2.48. The van der Waals surface area contributed by atoms with Crippen molar-refractivity contribution in [1.82, 2.24) is 10.3 Å². The predicted octanol–water partition coefficient (Wildman–Crippen LogP) is 1.15. The van der Waals surface area contributed by atoms with Gasteiger partial charge in [0.1, 0.15) is 6.17 Å². The van der Waals surface area contributed by atoms with Gasteiger partial charge in [0, 0.05) is 0 Å². The molecule has 1 saturated heterocycles. The number of carboxylic acid groups (broad SMARTS) is 1. The zero-order valence-electron chi connectivity index (χ0n) is 9.21. The number of carboxylic acids is 1. The van der Waals surface area contributed by atoms with Crippen molar-refractivity contribution in [2.24, 2.45) is 5.10 Å². The van der Waals surface area contributed by atoms with E-state index >= 15 is 0 Å². The Kier molecular flexibility index (Phi) is 2.24. The molecule has 3 rings (SSSR count). The minimum absolute atomic E-state index is 0.0336. The van der Waals surface area contributed by atoms with Crippen LogP contribution in [0.15, 0.2) is 35.4 Å². The molecule has 1 aromatic carbocycles. The first-order valence-corrected chi connectivity index (χ1v) is 5.67. The van der Waals surface area contributed by atoms with Crippen LogP contribution in [0.1, 0.15) is 24.4 Å². The predicted molar refractivity (Wildman–Crippen MR) is 62.3 cm³/mol. The molecule has 2 aliphatic rings. The molecule has 1 fully saturated rings. The standard InChI is InChI=1S/C12H13N3O2/c16-12(17)11-13-10-7-6-9(15(10)14-11)8-4-2-1-3-5-8/h1-5,9-10H,6-7H2,(H,13,14)(H,16,17)/t9-,10?/m1/s1. The average Bonchev–Trinajstić information content (AvgIpc) is 2.89. The van der Waals surface area contributed by atoms with Crippen molar-refractivity contribution in [3.05, 3.63) is 35.9 Å². The van der Waals surface area contributed by atoms with Gasteiger partial charge in [-0.3, -0.25) is 5.01 Å². The molecule has 0 radical (unpaired) electrons. The number of aliphatic carboxylic acids is 1. The Balaban J connectivity index is 1.88. The second-order valence-corrected chi connectivity index (χ2v) is 4.30. The molecule has 2 N–H and O–H groups in total. The van der Waals surface area contributed by atoms with Gasteiger partial charge in [0.2, 0.25) is 5.84 Å². The smallest absolute Gasteiger partial charge is 0.373 e. The van der Waals surface area contributed by atoms with E-state index in [1.807, 2.05) is 23.2 Å². The summed E-state index contributed by atoms with van der Waals surface area (Å²) in [6, 6.07) is 10.3. The summed E-state index contributed by atoms with van der Waals surface area (Å²) in [6.07, 6.45) is 1.95. The summed E-state index contributed by atoms with van der Waals surface area (Å²) < 4.78 is 0. The van der Waals surface area contributed by atoms with E-state index in [-0.39, 0.29) is 18.0 Å². The summed E-state index contributed by atoms with van der Waals surface area (Å²) in [5.74, 6) is -0.943. The first-order valence-electron chi connectivity index (χ1n) is 5.67. The van der Waals surface area contributed by atoms with Crippen molar-refractivity contribution in [2.45, 2.75) is 25.0 Å². The fourth-order valence-corrected chi connectivity index (χ4v) is 2.48. The topological polar surface area (TPSA) is 64.9 Å². The van der Waals surface area contributed by atoms with E-state index in [0.29, 0.717) is 0 Å². The Morgan fingerprint density at radius 1 is 1.35 bits per heavy atom. The second-order valence-electron chi connectivity index (χ2n) is 4.30. The lowest BCUT2D eigenvalue weighted by atomic mass is 10.1. The van der Waals surface area contributed by atoms with Gasteiger partial charge < -0.3 is 10.4 Å². The van der Waals surface area contributed by atoms with E-state index in [9.17, 15) is 4.79 Å². The lowest BCUT2D eigenvalue weighted by Gasteiger charge is -2.21. The summed E-state index contributed by atoms with van der Waals surface area (Å²) in [6.45, 7) is 0. The normalized spacial score (nSPS) is 26.4. The number of hydrogen-bond donors (Lipinski definition) is 2. The van der Waals surface area contributed by atoms with Crippen molar-refractivity contribution in [3.8, 4) is 0 Å². The van der Waals surface area contributed by atoms with Crippen molar-refractivity contribution in [3.63, 3.8) is 0 Å². The highest BCUT2D eigenvalue weighted by molar-refractivity contribution is 6.34. The average molecular weight is 231 g/mol. The number of hydrazone groups is 1. The number of rotatable bonds is 2. The van der Waals surface area contributed by atoms with Gasteiger partial charge in [-0.15, -0.1) is 5.10 Å². The van der Waals surface area contributed by atoms with Gasteiger partial charge in [-0.25, -0.2) is 4.79 Å². The summed E-state index contributed by atoms with van der Waals surface area (Å²) in [7, 11) is 0. The molecule has 0 spiro atoms. The molecule has 1 unspecified atom stereocenters. The Labute approximate surface area is 98.7 Å². The molecule has 5 nitrogen and oxygen atoms in total. The number of benzene rings is 1. The Hall–Kier alpha value is -2.04. The van der Waals surface area contributed by atoms with Crippen LogP contribution in [0.3, 0.4) is 0 Å². The third kappa shape index (κ3) is 1.63.